The van der Waals surface area contributed by atoms with Crippen LogP contribution in [0.4, 0.5) is 5.69 Å². The molecule has 1 fully saturated rings. The highest BCUT2D eigenvalue weighted by atomic mass is 31.2. The van der Waals surface area contributed by atoms with Crippen molar-refractivity contribution in [3.05, 3.63) is 54.4 Å². The summed E-state index contributed by atoms with van der Waals surface area (Å²) in [5.41, 5.74) is 1.53. The zero-order valence-electron chi connectivity index (χ0n) is 15.4. The average Bonchev–Trinajstić information content (AvgIpc) is 2.69. The summed E-state index contributed by atoms with van der Waals surface area (Å²) in [6.07, 6.45) is 8.23. The zero-order valence-corrected chi connectivity index (χ0v) is 16.3. The summed E-state index contributed by atoms with van der Waals surface area (Å²) in [5.74, 6) is -1.22. The van der Waals surface area contributed by atoms with Gasteiger partial charge in [-0.05, 0) is 43.2 Å². The molecular weight excluding hydrogens is 347 g/mol. The van der Waals surface area contributed by atoms with Crippen LogP contribution in [-0.2, 0) is 9.09 Å². The molecule has 1 saturated carbocycles. The van der Waals surface area contributed by atoms with Gasteiger partial charge < -0.3 is 14.5 Å². The van der Waals surface area contributed by atoms with E-state index in [1.54, 1.807) is 36.7 Å². The lowest BCUT2D eigenvalue weighted by atomic mass is 9.98. The van der Waals surface area contributed by atoms with Gasteiger partial charge in [-0.2, -0.15) is 0 Å². The minimum Gasteiger partial charge on any atom is -0.378 e. The standard InChI is InChI=1S/C20H27N2O3P/c1-22(2)17-10-12-19(13-11-17)26(24,25-18-8-4-3-5-9-18)20(23)16-7-6-14-21-15-16/h6-7,10-15,18,20,23H,3-5,8-9H2,1-2H3/t20-,26+/m1/s1. The van der Waals surface area contributed by atoms with Gasteiger partial charge in [-0.1, -0.05) is 25.3 Å². The Labute approximate surface area is 155 Å². The fraction of sp³-hybridized carbons (Fsp3) is 0.450. The smallest absolute Gasteiger partial charge is 0.264 e. The van der Waals surface area contributed by atoms with Crippen LogP contribution in [0.15, 0.2) is 48.8 Å². The Morgan fingerprint density at radius 2 is 1.85 bits per heavy atom. The van der Waals surface area contributed by atoms with E-state index in [0.717, 1.165) is 31.4 Å². The molecule has 1 aliphatic rings. The molecule has 3 rings (SSSR count). The predicted molar refractivity (Wildman–Crippen MR) is 105 cm³/mol. The van der Waals surface area contributed by atoms with E-state index in [1.165, 1.54) is 6.42 Å². The van der Waals surface area contributed by atoms with Crippen LogP contribution in [0.1, 0.15) is 43.5 Å². The molecule has 26 heavy (non-hydrogen) atoms. The van der Waals surface area contributed by atoms with Crippen LogP contribution in [0.5, 0.6) is 0 Å². The molecule has 0 radical (unpaired) electrons. The van der Waals surface area contributed by atoms with E-state index in [9.17, 15) is 9.67 Å². The minimum absolute atomic E-state index is 0.0746. The average molecular weight is 374 g/mol. The number of pyridine rings is 1. The maximum Gasteiger partial charge on any atom is 0.264 e. The monoisotopic (exact) mass is 374 g/mol. The summed E-state index contributed by atoms with van der Waals surface area (Å²) < 4.78 is 20.1. The molecule has 0 bridgehead atoms. The highest BCUT2D eigenvalue weighted by Crippen LogP contribution is 2.59. The molecule has 140 valence electrons. The van der Waals surface area contributed by atoms with Crippen LogP contribution in [0.2, 0.25) is 0 Å². The van der Waals surface area contributed by atoms with E-state index < -0.39 is 13.2 Å². The summed E-state index contributed by atoms with van der Waals surface area (Å²) in [6, 6.07) is 10.9. The van der Waals surface area contributed by atoms with Gasteiger partial charge in [0.1, 0.15) is 0 Å². The van der Waals surface area contributed by atoms with Gasteiger partial charge in [-0.3, -0.25) is 9.55 Å². The minimum atomic E-state index is -3.51. The fourth-order valence-electron chi connectivity index (χ4n) is 3.34. The lowest BCUT2D eigenvalue weighted by molar-refractivity contribution is 0.137. The van der Waals surface area contributed by atoms with Crippen LogP contribution in [0, 0.1) is 0 Å². The van der Waals surface area contributed by atoms with Crippen molar-refractivity contribution in [3.8, 4) is 0 Å². The van der Waals surface area contributed by atoms with Crippen LogP contribution in [0.3, 0.4) is 0 Å². The van der Waals surface area contributed by atoms with Gasteiger partial charge in [0.25, 0.3) is 7.37 Å². The molecule has 5 nitrogen and oxygen atoms in total. The predicted octanol–water partition coefficient (Wildman–Crippen LogP) is 4.09. The highest BCUT2D eigenvalue weighted by Gasteiger charge is 2.39. The molecule has 1 N–H and O–H groups in total. The number of nitrogens with zero attached hydrogens (tertiary/aromatic N) is 2. The second-order valence-electron chi connectivity index (χ2n) is 7.03. The third kappa shape index (κ3) is 4.17. The SMILES string of the molecule is CN(C)c1ccc([P@](=O)(OC2CCCCC2)[C@@H](O)c2cccnc2)cc1. The van der Waals surface area contributed by atoms with Crippen molar-refractivity contribution in [3.63, 3.8) is 0 Å². The summed E-state index contributed by atoms with van der Waals surface area (Å²) in [4.78, 5) is 6.03. The van der Waals surface area contributed by atoms with Gasteiger partial charge in [0.15, 0.2) is 5.85 Å². The Bertz CT molecular complexity index is 743. The molecule has 2 aromatic rings. The van der Waals surface area contributed by atoms with Crippen molar-refractivity contribution in [2.75, 3.05) is 19.0 Å². The van der Waals surface area contributed by atoms with Crippen LogP contribution in [0.25, 0.3) is 0 Å². The largest absolute Gasteiger partial charge is 0.378 e. The van der Waals surface area contributed by atoms with Crippen molar-refractivity contribution < 1.29 is 14.2 Å². The zero-order chi connectivity index (χ0) is 18.6. The second kappa shape index (κ2) is 8.34. The molecule has 1 aromatic carbocycles. The van der Waals surface area contributed by atoms with E-state index in [-0.39, 0.29) is 6.10 Å². The van der Waals surface area contributed by atoms with Gasteiger partial charge in [-0.15, -0.1) is 0 Å². The highest BCUT2D eigenvalue weighted by molar-refractivity contribution is 7.67. The van der Waals surface area contributed by atoms with Crippen molar-refractivity contribution in [2.24, 2.45) is 0 Å². The number of hydrogen-bond donors (Lipinski definition) is 1. The van der Waals surface area contributed by atoms with Gasteiger partial charge in [-0.25, -0.2) is 0 Å². The van der Waals surface area contributed by atoms with E-state index in [0.29, 0.717) is 10.9 Å². The molecule has 0 aliphatic heterocycles. The first-order valence-electron chi connectivity index (χ1n) is 9.15. The maximum atomic E-state index is 14.0. The Balaban J connectivity index is 1.96. The first kappa shape index (κ1) is 19.1. The molecule has 1 heterocycles. The van der Waals surface area contributed by atoms with Crippen molar-refractivity contribution in [1.82, 2.24) is 4.98 Å². The second-order valence-corrected chi connectivity index (χ2v) is 9.44. The Kier molecular flexibility index (Phi) is 6.13. The van der Waals surface area contributed by atoms with E-state index in [4.69, 9.17) is 4.52 Å². The van der Waals surface area contributed by atoms with Gasteiger partial charge in [0.2, 0.25) is 0 Å². The number of aliphatic hydroxyl groups is 1. The molecule has 1 aliphatic carbocycles. The molecule has 1 aromatic heterocycles. The molecule has 0 spiro atoms. The van der Waals surface area contributed by atoms with E-state index in [1.807, 2.05) is 31.1 Å². The normalized spacial score (nSPS) is 18.9. The van der Waals surface area contributed by atoms with Crippen LogP contribution >= 0.6 is 7.37 Å². The first-order chi connectivity index (χ1) is 12.5. The third-order valence-corrected chi connectivity index (χ3v) is 7.46. The Morgan fingerprint density at radius 1 is 1.15 bits per heavy atom. The van der Waals surface area contributed by atoms with Gasteiger partial charge in [0.05, 0.1) is 6.10 Å². The lowest BCUT2D eigenvalue weighted by Gasteiger charge is -2.31. The van der Waals surface area contributed by atoms with Crippen molar-refractivity contribution in [1.29, 1.82) is 0 Å². The van der Waals surface area contributed by atoms with Crippen LogP contribution < -0.4 is 10.2 Å². The summed E-state index contributed by atoms with van der Waals surface area (Å²) >= 11 is 0. The van der Waals surface area contributed by atoms with E-state index in [2.05, 4.69) is 4.98 Å². The Hall–Kier alpha value is -1.68. The summed E-state index contributed by atoms with van der Waals surface area (Å²) in [5, 5.41) is 11.5. The number of aromatic nitrogens is 1. The number of anilines is 1. The topological polar surface area (TPSA) is 62.7 Å². The molecule has 0 saturated heterocycles. The summed E-state index contributed by atoms with van der Waals surface area (Å²) in [7, 11) is 0.406. The number of rotatable bonds is 6. The first-order valence-corrected chi connectivity index (χ1v) is 10.8. The third-order valence-electron chi connectivity index (χ3n) is 4.89. The lowest BCUT2D eigenvalue weighted by Crippen LogP contribution is -2.22. The maximum absolute atomic E-state index is 14.0. The van der Waals surface area contributed by atoms with Gasteiger partial charge >= 0.3 is 0 Å². The number of hydrogen-bond acceptors (Lipinski definition) is 5. The molecule has 6 heteroatoms. The van der Waals surface area contributed by atoms with Crippen LogP contribution in [-0.4, -0.2) is 30.3 Å². The molecular formula is C20H27N2O3P. The number of aliphatic hydroxyl groups excluding tert-OH is 1. The van der Waals surface area contributed by atoms with Gasteiger partial charge in [0, 0.05) is 43.0 Å². The Morgan fingerprint density at radius 3 is 2.42 bits per heavy atom. The fourth-order valence-corrected chi connectivity index (χ4v) is 5.62. The molecule has 2 atom stereocenters. The van der Waals surface area contributed by atoms with Crippen molar-refractivity contribution in [2.45, 2.75) is 44.1 Å². The quantitative estimate of drug-likeness (QED) is 0.772. The molecule has 0 amide bonds. The number of benzene rings is 1. The van der Waals surface area contributed by atoms with E-state index >= 15 is 0 Å². The molecule has 0 unspecified atom stereocenters. The summed E-state index contributed by atoms with van der Waals surface area (Å²) in [6.45, 7) is 0. The van der Waals surface area contributed by atoms with Crippen molar-refractivity contribution >= 4 is 18.4 Å².